The zero-order valence-electron chi connectivity index (χ0n) is 18.9. The molecule has 1 aliphatic heterocycles. The van der Waals surface area contributed by atoms with E-state index in [1.165, 1.54) is 0 Å². The van der Waals surface area contributed by atoms with Crippen LogP contribution in [0.1, 0.15) is 28.8 Å². The van der Waals surface area contributed by atoms with Crippen LogP contribution in [0.2, 0.25) is 0 Å². The van der Waals surface area contributed by atoms with Gasteiger partial charge in [0, 0.05) is 29.8 Å². The first kappa shape index (κ1) is 23.7. The van der Waals surface area contributed by atoms with Crippen molar-refractivity contribution in [2.24, 2.45) is 0 Å². The quantitative estimate of drug-likeness (QED) is 0.377. The Morgan fingerprint density at radius 1 is 0.857 bits per heavy atom. The molecule has 0 radical (unpaired) electrons. The molecule has 4 rings (SSSR count). The number of benzene rings is 3. The lowest BCUT2D eigenvalue weighted by Crippen LogP contribution is -2.24. The van der Waals surface area contributed by atoms with Crippen LogP contribution < -0.4 is 15.0 Å². The summed E-state index contributed by atoms with van der Waals surface area (Å²) in [6.07, 6.45) is 1.39. The SMILES string of the molecule is O=C(COC(=O)COc1ccc(N2CCCC2=O)cc1)Nc1ccccc1C(=O)c1ccccc1. The molecule has 0 spiro atoms. The van der Waals surface area contributed by atoms with Crippen molar-refractivity contribution in [3.05, 3.63) is 90.0 Å². The summed E-state index contributed by atoms with van der Waals surface area (Å²) in [7, 11) is 0. The minimum Gasteiger partial charge on any atom is -0.482 e. The molecule has 0 atom stereocenters. The van der Waals surface area contributed by atoms with Gasteiger partial charge in [0.1, 0.15) is 5.75 Å². The summed E-state index contributed by atoms with van der Waals surface area (Å²) in [5, 5.41) is 2.62. The van der Waals surface area contributed by atoms with Gasteiger partial charge in [-0.3, -0.25) is 14.4 Å². The standard InChI is InChI=1S/C27H24N2O6/c30-24(28-23-10-5-4-9-22(23)27(33)19-7-2-1-3-8-19)17-35-26(32)18-34-21-14-12-20(13-15-21)29-16-6-11-25(29)31/h1-5,7-10,12-15H,6,11,16-18H2,(H,28,30). The smallest absolute Gasteiger partial charge is 0.344 e. The number of hydrogen-bond acceptors (Lipinski definition) is 6. The fourth-order valence-corrected chi connectivity index (χ4v) is 3.69. The normalized spacial score (nSPS) is 12.8. The molecule has 3 aromatic carbocycles. The van der Waals surface area contributed by atoms with Gasteiger partial charge in [-0.05, 0) is 42.8 Å². The van der Waals surface area contributed by atoms with Crippen LogP contribution in [0.25, 0.3) is 0 Å². The third-order valence-corrected chi connectivity index (χ3v) is 5.42. The predicted octanol–water partition coefficient (Wildman–Crippen LogP) is 3.61. The van der Waals surface area contributed by atoms with Crippen LogP contribution in [0.4, 0.5) is 11.4 Å². The Kier molecular flexibility index (Phi) is 7.52. The molecule has 1 aliphatic rings. The van der Waals surface area contributed by atoms with Crippen molar-refractivity contribution in [3.63, 3.8) is 0 Å². The van der Waals surface area contributed by atoms with Gasteiger partial charge in [0.2, 0.25) is 5.91 Å². The lowest BCUT2D eigenvalue weighted by molar-refractivity contribution is -0.149. The summed E-state index contributed by atoms with van der Waals surface area (Å²) in [4.78, 5) is 50.6. The Balaban J connectivity index is 1.25. The van der Waals surface area contributed by atoms with E-state index in [0.717, 1.165) is 12.1 Å². The summed E-state index contributed by atoms with van der Waals surface area (Å²) in [5.41, 5.74) is 1.94. The number of anilines is 2. The lowest BCUT2D eigenvalue weighted by atomic mass is 10.0. The van der Waals surface area contributed by atoms with E-state index in [4.69, 9.17) is 9.47 Å². The molecule has 0 bridgehead atoms. The van der Waals surface area contributed by atoms with Crippen LogP contribution in [0, 0.1) is 0 Å². The lowest BCUT2D eigenvalue weighted by Gasteiger charge is -2.16. The van der Waals surface area contributed by atoms with E-state index >= 15 is 0 Å². The molecule has 0 saturated carbocycles. The van der Waals surface area contributed by atoms with Gasteiger partial charge in [-0.15, -0.1) is 0 Å². The van der Waals surface area contributed by atoms with E-state index in [-0.39, 0.29) is 18.3 Å². The molecule has 3 aromatic rings. The highest BCUT2D eigenvalue weighted by atomic mass is 16.6. The molecule has 1 fully saturated rings. The topological polar surface area (TPSA) is 102 Å². The van der Waals surface area contributed by atoms with Crippen molar-refractivity contribution in [2.45, 2.75) is 12.8 Å². The van der Waals surface area contributed by atoms with E-state index < -0.39 is 18.5 Å². The number of hydrogen-bond donors (Lipinski definition) is 1. The average Bonchev–Trinajstić information content (AvgIpc) is 3.32. The maximum atomic E-state index is 12.8. The van der Waals surface area contributed by atoms with Gasteiger partial charge in [-0.2, -0.15) is 0 Å². The predicted molar refractivity (Wildman–Crippen MR) is 129 cm³/mol. The zero-order chi connectivity index (χ0) is 24.6. The van der Waals surface area contributed by atoms with Crippen LogP contribution >= 0.6 is 0 Å². The first-order chi connectivity index (χ1) is 17.0. The molecular weight excluding hydrogens is 448 g/mol. The average molecular weight is 472 g/mol. The van der Waals surface area contributed by atoms with Crippen LogP contribution in [-0.4, -0.2) is 43.3 Å². The molecule has 0 aromatic heterocycles. The Bertz CT molecular complexity index is 1220. The van der Waals surface area contributed by atoms with E-state index in [1.807, 2.05) is 6.07 Å². The van der Waals surface area contributed by atoms with E-state index in [2.05, 4.69) is 5.32 Å². The summed E-state index contributed by atoms with van der Waals surface area (Å²) >= 11 is 0. The summed E-state index contributed by atoms with van der Waals surface area (Å²) in [6, 6.07) is 22.2. The van der Waals surface area contributed by atoms with Crippen LogP contribution in [0.3, 0.4) is 0 Å². The van der Waals surface area contributed by atoms with Crippen LogP contribution in [0.15, 0.2) is 78.9 Å². The van der Waals surface area contributed by atoms with Gasteiger partial charge in [-0.25, -0.2) is 4.79 Å². The largest absolute Gasteiger partial charge is 0.482 e. The van der Waals surface area contributed by atoms with Crippen molar-refractivity contribution in [3.8, 4) is 5.75 Å². The molecule has 35 heavy (non-hydrogen) atoms. The number of nitrogens with one attached hydrogen (secondary N) is 1. The second kappa shape index (κ2) is 11.1. The molecule has 1 N–H and O–H groups in total. The van der Waals surface area contributed by atoms with Gasteiger partial charge in [0.25, 0.3) is 5.91 Å². The number of para-hydroxylation sites is 1. The van der Waals surface area contributed by atoms with E-state index in [9.17, 15) is 19.2 Å². The monoisotopic (exact) mass is 472 g/mol. The molecule has 0 unspecified atom stereocenters. The highest BCUT2D eigenvalue weighted by Gasteiger charge is 2.21. The maximum absolute atomic E-state index is 12.8. The molecular formula is C27H24N2O6. The van der Waals surface area contributed by atoms with Crippen LogP contribution in [0.5, 0.6) is 5.75 Å². The molecule has 178 valence electrons. The van der Waals surface area contributed by atoms with Gasteiger partial charge in [0.15, 0.2) is 19.0 Å². The Morgan fingerprint density at radius 2 is 1.57 bits per heavy atom. The number of nitrogens with zero attached hydrogens (tertiary/aromatic N) is 1. The van der Waals surface area contributed by atoms with Gasteiger partial charge < -0.3 is 19.7 Å². The van der Waals surface area contributed by atoms with Gasteiger partial charge in [-0.1, -0.05) is 42.5 Å². The van der Waals surface area contributed by atoms with E-state index in [1.54, 1.807) is 77.7 Å². The van der Waals surface area contributed by atoms with Crippen molar-refractivity contribution in [1.29, 1.82) is 0 Å². The molecule has 8 nitrogen and oxygen atoms in total. The first-order valence-corrected chi connectivity index (χ1v) is 11.2. The second-order valence-corrected chi connectivity index (χ2v) is 7.88. The number of ketones is 1. The number of rotatable bonds is 9. The summed E-state index contributed by atoms with van der Waals surface area (Å²) < 4.78 is 10.4. The van der Waals surface area contributed by atoms with Crippen molar-refractivity contribution < 1.29 is 28.7 Å². The fraction of sp³-hybridized carbons (Fsp3) is 0.185. The number of carbonyl (C=O) groups is 4. The highest BCUT2D eigenvalue weighted by molar-refractivity contribution is 6.13. The minimum atomic E-state index is -0.715. The summed E-state index contributed by atoms with van der Waals surface area (Å²) in [6.45, 7) is -0.206. The minimum absolute atomic E-state index is 0.0904. The third kappa shape index (κ3) is 6.11. The van der Waals surface area contributed by atoms with Gasteiger partial charge in [0.05, 0.1) is 5.69 Å². The second-order valence-electron chi connectivity index (χ2n) is 7.88. The third-order valence-electron chi connectivity index (χ3n) is 5.42. The fourth-order valence-electron chi connectivity index (χ4n) is 3.69. The van der Waals surface area contributed by atoms with Crippen molar-refractivity contribution >= 4 is 34.9 Å². The molecule has 1 heterocycles. The zero-order valence-corrected chi connectivity index (χ0v) is 18.9. The number of esters is 1. The number of ether oxygens (including phenoxy) is 2. The maximum Gasteiger partial charge on any atom is 0.344 e. The number of carbonyl (C=O) groups excluding carboxylic acids is 4. The van der Waals surface area contributed by atoms with Crippen molar-refractivity contribution in [1.82, 2.24) is 0 Å². The van der Waals surface area contributed by atoms with E-state index in [0.29, 0.717) is 35.5 Å². The molecule has 8 heteroatoms. The highest BCUT2D eigenvalue weighted by Crippen LogP contribution is 2.24. The van der Waals surface area contributed by atoms with Crippen molar-refractivity contribution in [2.75, 3.05) is 30.0 Å². The number of amides is 2. The molecule has 0 aliphatic carbocycles. The van der Waals surface area contributed by atoms with Crippen LogP contribution in [-0.2, 0) is 19.1 Å². The first-order valence-electron chi connectivity index (χ1n) is 11.2. The molecule has 1 saturated heterocycles. The van der Waals surface area contributed by atoms with Gasteiger partial charge >= 0.3 is 5.97 Å². The Labute approximate surface area is 202 Å². The Morgan fingerprint density at radius 3 is 2.29 bits per heavy atom. The molecule has 2 amide bonds. The Hall–Kier alpha value is -4.46. The summed E-state index contributed by atoms with van der Waals surface area (Å²) in [5.74, 6) is -0.992.